The molecule has 1 saturated carbocycles. The number of amides is 2. The lowest BCUT2D eigenvalue weighted by molar-refractivity contribution is -0.133. The smallest absolute Gasteiger partial charge is 0.417 e. The predicted molar refractivity (Wildman–Crippen MR) is 68.5 cm³/mol. The molecule has 5 heteroatoms. The molecule has 106 valence electrons. The van der Waals surface area contributed by atoms with E-state index in [1.54, 1.807) is 20.8 Å². The Kier molecular flexibility index (Phi) is 3.41. The van der Waals surface area contributed by atoms with Crippen LogP contribution in [-0.4, -0.2) is 33.8 Å². The van der Waals surface area contributed by atoms with Crippen molar-refractivity contribution in [2.75, 3.05) is 0 Å². The van der Waals surface area contributed by atoms with Gasteiger partial charge >= 0.3 is 6.09 Å². The SMILES string of the molecule is CC(C)(C)OC(=O)N1C(=O)CCC12CCC(=O)CC2. The third-order valence-electron chi connectivity index (χ3n) is 3.84. The van der Waals surface area contributed by atoms with Crippen molar-refractivity contribution in [2.45, 2.75) is 70.4 Å². The van der Waals surface area contributed by atoms with E-state index in [1.807, 2.05) is 0 Å². The maximum Gasteiger partial charge on any atom is 0.417 e. The summed E-state index contributed by atoms with van der Waals surface area (Å²) in [7, 11) is 0. The molecular weight excluding hydrogens is 246 g/mol. The van der Waals surface area contributed by atoms with Crippen LogP contribution in [0.15, 0.2) is 0 Å². The molecule has 2 aliphatic rings. The zero-order valence-electron chi connectivity index (χ0n) is 11.8. The van der Waals surface area contributed by atoms with Crippen molar-refractivity contribution in [3.8, 4) is 0 Å². The normalized spacial score (nSPS) is 23.0. The molecule has 1 heterocycles. The van der Waals surface area contributed by atoms with Gasteiger partial charge in [0.05, 0.1) is 5.54 Å². The summed E-state index contributed by atoms with van der Waals surface area (Å²) in [6.45, 7) is 5.34. The fraction of sp³-hybridized carbons (Fsp3) is 0.786. The van der Waals surface area contributed by atoms with E-state index >= 15 is 0 Å². The summed E-state index contributed by atoms with van der Waals surface area (Å²) in [5.74, 6) is 0.0395. The van der Waals surface area contributed by atoms with Gasteiger partial charge < -0.3 is 4.74 Å². The number of carbonyl (C=O) groups excluding carboxylic acids is 3. The summed E-state index contributed by atoms with van der Waals surface area (Å²) in [4.78, 5) is 36.9. The summed E-state index contributed by atoms with van der Waals surface area (Å²) in [6.07, 6.45) is 2.52. The van der Waals surface area contributed by atoms with Gasteiger partial charge in [0.1, 0.15) is 11.4 Å². The van der Waals surface area contributed by atoms with Crippen molar-refractivity contribution in [1.29, 1.82) is 0 Å². The van der Waals surface area contributed by atoms with Crippen LogP contribution in [0.1, 0.15) is 59.3 Å². The number of ketones is 1. The Labute approximate surface area is 113 Å². The first-order valence-corrected chi connectivity index (χ1v) is 6.81. The van der Waals surface area contributed by atoms with E-state index in [0.717, 1.165) is 0 Å². The lowest BCUT2D eigenvalue weighted by Crippen LogP contribution is -2.52. The second-order valence-electron chi connectivity index (χ2n) is 6.47. The number of ether oxygens (including phenoxy) is 1. The topological polar surface area (TPSA) is 63.7 Å². The van der Waals surface area contributed by atoms with Crippen LogP contribution in [0.5, 0.6) is 0 Å². The maximum absolute atomic E-state index is 12.2. The zero-order valence-corrected chi connectivity index (χ0v) is 11.8. The maximum atomic E-state index is 12.2. The number of hydrogen-bond acceptors (Lipinski definition) is 4. The largest absolute Gasteiger partial charge is 0.443 e. The van der Waals surface area contributed by atoms with Gasteiger partial charge in [-0.15, -0.1) is 0 Å². The Morgan fingerprint density at radius 3 is 2.16 bits per heavy atom. The first-order chi connectivity index (χ1) is 8.73. The van der Waals surface area contributed by atoms with Crippen LogP contribution in [0.25, 0.3) is 0 Å². The predicted octanol–water partition coefficient (Wildman–Crippen LogP) is 2.43. The number of nitrogens with zero attached hydrogens (tertiary/aromatic N) is 1. The summed E-state index contributed by atoms with van der Waals surface area (Å²) in [6, 6.07) is 0. The molecule has 2 fully saturated rings. The van der Waals surface area contributed by atoms with Gasteiger partial charge in [0.25, 0.3) is 0 Å². The van der Waals surface area contributed by atoms with Gasteiger partial charge in [-0.3, -0.25) is 9.59 Å². The van der Waals surface area contributed by atoms with E-state index in [-0.39, 0.29) is 11.7 Å². The molecule has 19 heavy (non-hydrogen) atoms. The molecular formula is C14H21NO4. The van der Waals surface area contributed by atoms with Crippen LogP contribution in [0.2, 0.25) is 0 Å². The highest BCUT2D eigenvalue weighted by atomic mass is 16.6. The van der Waals surface area contributed by atoms with Gasteiger partial charge in [-0.05, 0) is 40.0 Å². The molecule has 1 spiro atoms. The van der Waals surface area contributed by atoms with Gasteiger partial charge in [0, 0.05) is 19.3 Å². The molecule has 0 aromatic rings. The minimum atomic E-state index is -0.619. The van der Waals surface area contributed by atoms with Crippen molar-refractivity contribution < 1.29 is 19.1 Å². The van der Waals surface area contributed by atoms with Crippen molar-refractivity contribution in [1.82, 2.24) is 4.90 Å². The molecule has 2 rings (SSSR count). The van der Waals surface area contributed by atoms with Crippen LogP contribution < -0.4 is 0 Å². The van der Waals surface area contributed by atoms with E-state index in [0.29, 0.717) is 38.5 Å². The summed E-state index contributed by atoms with van der Waals surface area (Å²) >= 11 is 0. The van der Waals surface area contributed by atoms with Gasteiger partial charge in [-0.2, -0.15) is 0 Å². The van der Waals surface area contributed by atoms with E-state index < -0.39 is 17.2 Å². The molecule has 0 unspecified atom stereocenters. The van der Waals surface area contributed by atoms with Crippen molar-refractivity contribution in [2.24, 2.45) is 0 Å². The molecule has 0 aromatic heterocycles. The molecule has 2 amide bonds. The Balaban J connectivity index is 2.18. The Hall–Kier alpha value is -1.39. The fourth-order valence-corrected chi connectivity index (χ4v) is 2.90. The van der Waals surface area contributed by atoms with Gasteiger partial charge in [-0.1, -0.05) is 0 Å². The zero-order chi connectivity index (χ0) is 14.3. The lowest BCUT2D eigenvalue weighted by atomic mass is 9.79. The molecule has 1 aliphatic heterocycles. The van der Waals surface area contributed by atoms with E-state index in [2.05, 4.69) is 0 Å². The molecule has 0 bridgehead atoms. The first-order valence-electron chi connectivity index (χ1n) is 6.81. The molecule has 0 N–H and O–H groups in total. The number of rotatable bonds is 0. The quantitative estimate of drug-likeness (QED) is 0.676. The molecule has 1 aliphatic carbocycles. The average molecular weight is 267 g/mol. The standard InChI is InChI=1S/C14H21NO4/c1-13(2,3)19-12(18)15-11(17)6-9-14(15)7-4-10(16)5-8-14/h4-9H2,1-3H3. The second kappa shape index (κ2) is 4.62. The molecule has 1 saturated heterocycles. The minimum Gasteiger partial charge on any atom is -0.443 e. The van der Waals surface area contributed by atoms with Gasteiger partial charge in [0.2, 0.25) is 5.91 Å². The third-order valence-corrected chi connectivity index (χ3v) is 3.84. The van der Waals surface area contributed by atoms with E-state index in [4.69, 9.17) is 4.74 Å². The highest BCUT2D eigenvalue weighted by Gasteiger charge is 2.51. The summed E-state index contributed by atoms with van der Waals surface area (Å²) in [5.41, 5.74) is -1.10. The minimum absolute atomic E-state index is 0.177. The Morgan fingerprint density at radius 1 is 1.11 bits per heavy atom. The van der Waals surface area contributed by atoms with Gasteiger partial charge in [0.15, 0.2) is 0 Å². The van der Waals surface area contributed by atoms with E-state index in [1.165, 1.54) is 4.90 Å². The monoisotopic (exact) mass is 267 g/mol. The third kappa shape index (κ3) is 2.80. The highest BCUT2D eigenvalue weighted by molar-refractivity contribution is 5.95. The van der Waals surface area contributed by atoms with Gasteiger partial charge in [-0.25, -0.2) is 9.69 Å². The first kappa shape index (κ1) is 14.0. The molecule has 0 atom stereocenters. The average Bonchev–Trinajstić information content (AvgIpc) is 2.58. The van der Waals surface area contributed by atoms with Crippen molar-refractivity contribution in [3.63, 3.8) is 0 Å². The number of carbonyl (C=O) groups is 3. The summed E-state index contributed by atoms with van der Waals surface area (Å²) in [5, 5.41) is 0. The fourth-order valence-electron chi connectivity index (χ4n) is 2.90. The Bertz CT molecular complexity index is 412. The molecule has 5 nitrogen and oxygen atoms in total. The Morgan fingerprint density at radius 2 is 1.63 bits per heavy atom. The summed E-state index contributed by atoms with van der Waals surface area (Å²) < 4.78 is 5.33. The number of hydrogen-bond donors (Lipinski definition) is 0. The number of likely N-dealkylation sites (tertiary alicyclic amines) is 1. The van der Waals surface area contributed by atoms with Crippen LogP contribution in [0, 0.1) is 0 Å². The molecule has 0 radical (unpaired) electrons. The number of Topliss-reactive ketones (excluding diaryl/α,β-unsaturated/α-hetero) is 1. The van der Waals surface area contributed by atoms with Crippen LogP contribution in [-0.2, 0) is 14.3 Å². The lowest BCUT2D eigenvalue weighted by Gasteiger charge is -2.40. The molecule has 0 aromatic carbocycles. The van der Waals surface area contributed by atoms with Crippen LogP contribution in [0.3, 0.4) is 0 Å². The number of imide groups is 1. The van der Waals surface area contributed by atoms with Crippen LogP contribution >= 0.6 is 0 Å². The van der Waals surface area contributed by atoms with Crippen LogP contribution in [0.4, 0.5) is 4.79 Å². The second-order valence-corrected chi connectivity index (χ2v) is 6.47. The highest BCUT2D eigenvalue weighted by Crippen LogP contribution is 2.42. The van der Waals surface area contributed by atoms with Crippen molar-refractivity contribution in [3.05, 3.63) is 0 Å². The van der Waals surface area contributed by atoms with E-state index in [9.17, 15) is 14.4 Å². The van der Waals surface area contributed by atoms with Crippen molar-refractivity contribution >= 4 is 17.8 Å².